The number of aliphatic carboxylic acids is 1. The summed E-state index contributed by atoms with van der Waals surface area (Å²) in [6, 6.07) is 11.7. The second kappa shape index (κ2) is 7.34. The number of nitrogens with one attached hydrogen (secondary N) is 1. The molecule has 0 unspecified atom stereocenters. The molecule has 0 spiro atoms. The maximum Gasteiger partial charge on any atom is 0.307 e. The van der Waals surface area contributed by atoms with E-state index in [1.165, 1.54) is 0 Å². The van der Waals surface area contributed by atoms with Crippen LogP contribution in [-0.4, -0.2) is 22.0 Å². The average Bonchev–Trinajstić information content (AvgIpc) is 2.48. The first-order chi connectivity index (χ1) is 10.9. The van der Waals surface area contributed by atoms with Crippen LogP contribution in [0.15, 0.2) is 46.9 Å². The van der Waals surface area contributed by atoms with E-state index in [1.807, 2.05) is 0 Å². The van der Waals surface area contributed by atoms with Gasteiger partial charge in [0.1, 0.15) is 0 Å². The summed E-state index contributed by atoms with van der Waals surface area (Å²) in [7, 11) is 0. The minimum atomic E-state index is -1.01. The molecule has 0 aliphatic rings. The van der Waals surface area contributed by atoms with E-state index in [1.54, 1.807) is 42.5 Å². The Balaban J connectivity index is 2.51. The van der Waals surface area contributed by atoms with Crippen molar-refractivity contribution in [2.24, 2.45) is 5.73 Å². The molecule has 2 rings (SSSR count). The van der Waals surface area contributed by atoms with Gasteiger partial charge >= 0.3 is 5.97 Å². The van der Waals surface area contributed by atoms with E-state index in [9.17, 15) is 9.59 Å². The molecule has 0 amide bonds. The summed E-state index contributed by atoms with van der Waals surface area (Å²) >= 11 is 8.15. The van der Waals surface area contributed by atoms with Gasteiger partial charge in [0.2, 0.25) is 0 Å². The van der Waals surface area contributed by atoms with E-state index >= 15 is 0 Å². The van der Waals surface area contributed by atoms with Crippen LogP contribution in [0.3, 0.4) is 0 Å². The molecule has 0 aliphatic carbocycles. The number of rotatable bonds is 5. The van der Waals surface area contributed by atoms with Crippen LogP contribution in [0.4, 0.5) is 5.69 Å². The molecule has 0 saturated heterocycles. The molecule has 0 radical (unpaired) electrons. The quantitative estimate of drug-likeness (QED) is 0.534. The molecule has 0 atom stereocenters. The molecule has 5 nitrogen and oxygen atoms in total. The third-order valence-corrected chi connectivity index (χ3v) is 3.72. The molecule has 2 aromatic rings. The van der Waals surface area contributed by atoms with E-state index in [0.717, 1.165) is 4.47 Å². The van der Waals surface area contributed by atoms with Crippen molar-refractivity contribution in [3.63, 3.8) is 0 Å². The summed E-state index contributed by atoms with van der Waals surface area (Å²) in [5, 5.41) is 11.7. The minimum Gasteiger partial charge on any atom is -0.481 e. The van der Waals surface area contributed by atoms with Gasteiger partial charge in [-0.05, 0) is 48.1 Å². The monoisotopic (exact) mass is 392 g/mol. The number of carbonyl (C=O) groups is 2. The van der Waals surface area contributed by atoms with Crippen LogP contribution in [0.25, 0.3) is 0 Å². The molecule has 118 valence electrons. The molecule has 0 bridgehead atoms. The SMILES string of the molecule is NC(=S)Nc1c(CC(=O)O)cccc1C(=O)c1ccc(Br)cc1. The first-order valence-electron chi connectivity index (χ1n) is 6.59. The molecule has 0 aliphatic heterocycles. The van der Waals surface area contributed by atoms with E-state index in [0.29, 0.717) is 22.4 Å². The molecular formula is C16H13BrN2O3S. The van der Waals surface area contributed by atoms with Gasteiger partial charge in [-0.15, -0.1) is 0 Å². The smallest absolute Gasteiger partial charge is 0.307 e. The van der Waals surface area contributed by atoms with Crippen molar-refractivity contribution in [2.45, 2.75) is 6.42 Å². The van der Waals surface area contributed by atoms with Crippen LogP contribution < -0.4 is 11.1 Å². The summed E-state index contributed by atoms with van der Waals surface area (Å²) in [5.74, 6) is -1.26. The highest BCUT2D eigenvalue weighted by molar-refractivity contribution is 9.10. The normalized spacial score (nSPS) is 10.1. The Labute approximate surface area is 146 Å². The lowest BCUT2D eigenvalue weighted by atomic mass is 9.97. The Morgan fingerprint density at radius 2 is 1.83 bits per heavy atom. The van der Waals surface area contributed by atoms with Crippen LogP contribution in [0.2, 0.25) is 0 Å². The number of para-hydroxylation sites is 1. The average molecular weight is 393 g/mol. The third kappa shape index (κ3) is 4.37. The van der Waals surface area contributed by atoms with Crippen molar-refractivity contribution in [3.05, 3.63) is 63.6 Å². The fourth-order valence-corrected chi connectivity index (χ4v) is 2.49. The largest absolute Gasteiger partial charge is 0.481 e. The van der Waals surface area contributed by atoms with Gasteiger partial charge in [0.15, 0.2) is 10.9 Å². The Morgan fingerprint density at radius 3 is 2.39 bits per heavy atom. The fraction of sp³-hybridized carbons (Fsp3) is 0.0625. The van der Waals surface area contributed by atoms with Crippen molar-refractivity contribution in [1.82, 2.24) is 0 Å². The highest BCUT2D eigenvalue weighted by atomic mass is 79.9. The Hall–Kier alpha value is -2.25. The summed E-state index contributed by atoms with van der Waals surface area (Å²) in [6.07, 6.45) is -0.244. The van der Waals surface area contributed by atoms with Crippen molar-refractivity contribution >= 4 is 50.7 Å². The number of ketones is 1. The molecule has 4 N–H and O–H groups in total. The summed E-state index contributed by atoms with van der Waals surface area (Å²) in [6.45, 7) is 0. The first kappa shape index (κ1) is 17.1. The van der Waals surface area contributed by atoms with Crippen LogP contribution in [-0.2, 0) is 11.2 Å². The predicted octanol–water partition coefficient (Wildman–Crippen LogP) is 2.96. The predicted molar refractivity (Wildman–Crippen MR) is 95.8 cm³/mol. The minimum absolute atomic E-state index is 0.0345. The van der Waals surface area contributed by atoms with Gasteiger partial charge in [-0.1, -0.05) is 28.1 Å². The molecular weight excluding hydrogens is 380 g/mol. The van der Waals surface area contributed by atoms with Crippen LogP contribution >= 0.6 is 28.1 Å². The molecule has 0 heterocycles. The number of carboxylic acid groups (broad SMARTS) is 1. The number of thiocarbonyl (C=S) groups is 1. The van der Waals surface area contributed by atoms with Gasteiger partial charge in [0.25, 0.3) is 0 Å². The van der Waals surface area contributed by atoms with Crippen molar-refractivity contribution in [2.75, 3.05) is 5.32 Å². The fourth-order valence-electron chi connectivity index (χ4n) is 2.13. The van der Waals surface area contributed by atoms with Crippen molar-refractivity contribution < 1.29 is 14.7 Å². The molecule has 23 heavy (non-hydrogen) atoms. The maximum absolute atomic E-state index is 12.7. The number of anilines is 1. The zero-order chi connectivity index (χ0) is 17.0. The van der Waals surface area contributed by atoms with Crippen LogP contribution in [0.1, 0.15) is 21.5 Å². The number of nitrogens with two attached hydrogens (primary N) is 1. The lowest BCUT2D eigenvalue weighted by molar-refractivity contribution is -0.136. The number of hydrogen-bond donors (Lipinski definition) is 3. The van der Waals surface area contributed by atoms with E-state index < -0.39 is 5.97 Å². The second-order valence-electron chi connectivity index (χ2n) is 4.74. The van der Waals surface area contributed by atoms with E-state index in [4.69, 9.17) is 23.1 Å². The van der Waals surface area contributed by atoms with Crippen molar-refractivity contribution in [1.29, 1.82) is 0 Å². The highest BCUT2D eigenvalue weighted by Crippen LogP contribution is 2.25. The van der Waals surface area contributed by atoms with Gasteiger partial charge in [0, 0.05) is 15.6 Å². The number of halogens is 1. The van der Waals surface area contributed by atoms with Crippen LogP contribution in [0, 0.1) is 0 Å². The van der Waals surface area contributed by atoms with Gasteiger partial charge in [-0.3, -0.25) is 9.59 Å². The number of hydrogen-bond acceptors (Lipinski definition) is 3. The highest BCUT2D eigenvalue weighted by Gasteiger charge is 2.18. The van der Waals surface area contributed by atoms with Gasteiger partial charge in [0.05, 0.1) is 12.1 Å². The summed E-state index contributed by atoms with van der Waals surface area (Å²) < 4.78 is 0.857. The van der Waals surface area contributed by atoms with E-state index in [2.05, 4.69) is 21.2 Å². The van der Waals surface area contributed by atoms with Gasteiger partial charge < -0.3 is 16.2 Å². The van der Waals surface area contributed by atoms with Gasteiger partial charge in [-0.25, -0.2) is 0 Å². The third-order valence-electron chi connectivity index (χ3n) is 3.09. The molecule has 0 fully saturated rings. The Morgan fingerprint density at radius 1 is 1.17 bits per heavy atom. The maximum atomic E-state index is 12.7. The summed E-state index contributed by atoms with van der Waals surface area (Å²) in [5.41, 5.74) is 7.07. The Bertz CT molecular complexity index is 775. The van der Waals surface area contributed by atoms with Crippen molar-refractivity contribution in [3.8, 4) is 0 Å². The first-order valence-corrected chi connectivity index (χ1v) is 7.79. The number of benzene rings is 2. The lowest BCUT2D eigenvalue weighted by Gasteiger charge is -2.14. The second-order valence-corrected chi connectivity index (χ2v) is 6.09. The molecule has 2 aromatic carbocycles. The lowest BCUT2D eigenvalue weighted by Crippen LogP contribution is -2.22. The molecule has 0 aromatic heterocycles. The Kier molecular flexibility index (Phi) is 5.46. The van der Waals surface area contributed by atoms with Crippen LogP contribution in [0.5, 0.6) is 0 Å². The number of carboxylic acids is 1. The topological polar surface area (TPSA) is 92.4 Å². The molecule has 7 heteroatoms. The summed E-state index contributed by atoms with van der Waals surface area (Å²) in [4.78, 5) is 23.7. The van der Waals surface area contributed by atoms with E-state index in [-0.39, 0.29) is 17.3 Å². The standard InChI is InChI=1S/C16H13BrN2O3S/c17-11-6-4-9(5-7-11)15(22)12-3-1-2-10(8-13(20)21)14(12)19-16(18)23/h1-7H,8H2,(H,20,21)(H3,18,19,23). The zero-order valence-electron chi connectivity index (χ0n) is 11.9. The van der Waals surface area contributed by atoms with Gasteiger partial charge in [-0.2, -0.15) is 0 Å². The molecule has 0 saturated carbocycles. The zero-order valence-corrected chi connectivity index (χ0v) is 14.3. The number of carbonyl (C=O) groups excluding carboxylic acids is 1.